The lowest BCUT2D eigenvalue weighted by Gasteiger charge is -2.13. The summed E-state index contributed by atoms with van der Waals surface area (Å²) in [6, 6.07) is 10.9. The highest BCUT2D eigenvalue weighted by atomic mass is 35.5. The fraction of sp³-hybridized carbons (Fsp3) is 0.278. The number of benzene rings is 2. The molecule has 26 heavy (non-hydrogen) atoms. The molecule has 0 aliphatic rings. The molecular formula is C18H22ClN3O3S. The summed E-state index contributed by atoms with van der Waals surface area (Å²) >= 11 is 6.09. The van der Waals surface area contributed by atoms with Crippen molar-refractivity contribution >= 4 is 33.2 Å². The van der Waals surface area contributed by atoms with E-state index in [-0.39, 0.29) is 27.1 Å². The van der Waals surface area contributed by atoms with Crippen LogP contribution in [0.1, 0.15) is 15.9 Å². The number of hydrogen-bond acceptors (Lipinski definition) is 4. The van der Waals surface area contributed by atoms with Gasteiger partial charge in [-0.15, -0.1) is 0 Å². The molecule has 0 spiro atoms. The van der Waals surface area contributed by atoms with Crippen molar-refractivity contribution in [2.75, 3.05) is 31.9 Å². The Balaban J connectivity index is 2.18. The van der Waals surface area contributed by atoms with Gasteiger partial charge in [0.05, 0.1) is 15.5 Å². The number of anilines is 1. The molecule has 0 aliphatic heterocycles. The van der Waals surface area contributed by atoms with Gasteiger partial charge in [0.15, 0.2) is 0 Å². The first-order valence-corrected chi connectivity index (χ1v) is 9.87. The molecule has 1 amide bonds. The van der Waals surface area contributed by atoms with Crippen LogP contribution in [0.4, 0.5) is 5.69 Å². The molecule has 2 aromatic rings. The van der Waals surface area contributed by atoms with Gasteiger partial charge >= 0.3 is 0 Å². The van der Waals surface area contributed by atoms with Gasteiger partial charge < -0.3 is 10.2 Å². The van der Waals surface area contributed by atoms with Gasteiger partial charge in [0.1, 0.15) is 0 Å². The van der Waals surface area contributed by atoms with Gasteiger partial charge in [0.2, 0.25) is 0 Å². The van der Waals surface area contributed by atoms with Gasteiger partial charge in [0, 0.05) is 18.8 Å². The number of aryl methyl sites for hydroxylation is 1. The largest absolute Gasteiger partial charge is 0.351 e. The van der Waals surface area contributed by atoms with Crippen LogP contribution >= 0.6 is 11.6 Å². The third-order valence-electron chi connectivity index (χ3n) is 3.64. The molecule has 0 fully saturated rings. The molecule has 2 rings (SSSR count). The van der Waals surface area contributed by atoms with Crippen LogP contribution in [-0.2, 0) is 10.0 Å². The topological polar surface area (TPSA) is 78.5 Å². The average molecular weight is 396 g/mol. The van der Waals surface area contributed by atoms with E-state index < -0.39 is 10.0 Å². The number of rotatable bonds is 7. The normalized spacial score (nSPS) is 11.4. The number of amides is 1. The maximum Gasteiger partial charge on any atom is 0.261 e. The third kappa shape index (κ3) is 5.45. The van der Waals surface area contributed by atoms with E-state index in [4.69, 9.17) is 11.6 Å². The highest BCUT2D eigenvalue weighted by Gasteiger charge is 2.16. The maximum atomic E-state index is 12.5. The molecular weight excluding hydrogens is 374 g/mol. The number of likely N-dealkylation sites (N-methyl/N-ethyl adjacent to an activating group) is 1. The third-order valence-corrected chi connectivity index (χ3v) is 5.37. The van der Waals surface area contributed by atoms with E-state index >= 15 is 0 Å². The fourth-order valence-corrected chi connectivity index (χ4v) is 3.44. The van der Waals surface area contributed by atoms with Gasteiger partial charge in [-0.1, -0.05) is 29.3 Å². The van der Waals surface area contributed by atoms with Gasteiger partial charge in [0.25, 0.3) is 15.9 Å². The molecule has 0 saturated carbocycles. The van der Waals surface area contributed by atoms with Gasteiger partial charge in [-0.25, -0.2) is 8.42 Å². The van der Waals surface area contributed by atoms with Crippen molar-refractivity contribution in [1.82, 2.24) is 10.2 Å². The van der Waals surface area contributed by atoms with Crippen LogP contribution in [0.15, 0.2) is 47.4 Å². The summed E-state index contributed by atoms with van der Waals surface area (Å²) in [6.45, 7) is 3.02. The zero-order chi connectivity index (χ0) is 19.3. The molecule has 0 atom stereocenters. The zero-order valence-electron chi connectivity index (χ0n) is 14.9. The van der Waals surface area contributed by atoms with E-state index in [9.17, 15) is 13.2 Å². The first-order valence-electron chi connectivity index (χ1n) is 8.01. The molecule has 2 aromatic carbocycles. The number of nitrogens with zero attached hydrogens (tertiary/aromatic N) is 1. The standard InChI is InChI=1S/C18H22ClN3O3S/c1-13-4-7-15(8-5-13)26(24,25)21-14-6-9-17(19)16(12-14)18(23)20-10-11-22(2)3/h4-9,12,21H,10-11H2,1-3H3,(H,20,23). The van der Waals surface area contributed by atoms with E-state index in [0.29, 0.717) is 13.1 Å². The zero-order valence-corrected chi connectivity index (χ0v) is 16.5. The smallest absolute Gasteiger partial charge is 0.261 e. The van der Waals surface area contributed by atoms with E-state index in [1.165, 1.54) is 30.3 Å². The molecule has 0 aliphatic carbocycles. The second kappa shape index (κ2) is 8.53. The molecule has 0 aromatic heterocycles. The van der Waals surface area contributed by atoms with E-state index in [1.54, 1.807) is 12.1 Å². The minimum Gasteiger partial charge on any atom is -0.351 e. The van der Waals surface area contributed by atoms with Crippen LogP contribution in [0.2, 0.25) is 5.02 Å². The predicted octanol–water partition coefficient (Wildman–Crippen LogP) is 2.74. The Morgan fingerprint density at radius 1 is 1.12 bits per heavy atom. The molecule has 140 valence electrons. The minimum atomic E-state index is -3.75. The van der Waals surface area contributed by atoms with Crippen LogP contribution in [0.3, 0.4) is 0 Å². The second-order valence-corrected chi connectivity index (χ2v) is 8.26. The summed E-state index contributed by atoms with van der Waals surface area (Å²) in [7, 11) is 0.0597. The van der Waals surface area contributed by atoms with Crippen LogP contribution in [0.5, 0.6) is 0 Å². The summed E-state index contributed by atoms with van der Waals surface area (Å²) in [5.74, 6) is -0.353. The Bertz CT molecular complexity index is 881. The van der Waals surface area contributed by atoms with Crippen molar-refractivity contribution in [3.05, 3.63) is 58.6 Å². The number of carbonyl (C=O) groups is 1. The van der Waals surface area contributed by atoms with Crippen LogP contribution in [0.25, 0.3) is 0 Å². The van der Waals surface area contributed by atoms with Crippen LogP contribution in [0, 0.1) is 6.92 Å². The number of sulfonamides is 1. The predicted molar refractivity (Wildman–Crippen MR) is 104 cm³/mol. The van der Waals surface area contributed by atoms with E-state index in [1.807, 2.05) is 25.9 Å². The highest BCUT2D eigenvalue weighted by molar-refractivity contribution is 7.92. The van der Waals surface area contributed by atoms with E-state index in [2.05, 4.69) is 10.0 Å². The number of hydrogen-bond donors (Lipinski definition) is 2. The average Bonchev–Trinajstić information content (AvgIpc) is 2.56. The Hall–Kier alpha value is -2.09. The lowest BCUT2D eigenvalue weighted by molar-refractivity contribution is 0.0951. The highest BCUT2D eigenvalue weighted by Crippen LogP contribution is 2.23. The Morgan fingerprint density at radius 3 is 2.38 bits per heavy atom. The van der Waals surface area contributed by atoms with E-state index in [0.717, 1.165) is 5.56 Å². The van der Waals surface area contributed by atoms with Crippen molar-refractivity contribution < 1.29 is 13.2 Å². The molecule has 0 radical (unpaired) electrons. The summed E-state index contributed by atoms with van der Waals surface area (Å²) in [4.78, 5) is 14.4. The van der Waals surface area contributed by atoms with Crippen molar-refractivity contribution in [2.45, 2.75) is 11.8 Å². The summed E-state index contributed by atoms with van der Waals surface area (Å²) in [5, 5.41) is 3.01. The Labute approximate surface area is 159 Å². The SMILES string of the molecule is Cc1ccc(S(=O)(=O)Nc2ccc(Cl)c(C(=O)NCCN(C)C)c2)cc1. The van der Waals surface area contributed by atoms with Gasteiger partial charge in [-0.2, -0.15) is 0 Å². The van der Waals surface area contributed by atoms with Crippen molar-refractivity contribution in [2.24, 2.45) is 0 Å². The monoisotopic (exact) mass is 395 g/mol. The summed E-state index contributed by atoms with van der Waals surface area (Å²) in [5.41, 5.74) is 1.45. The number of nitrogens with one attached hydrogen (secondary N) is 2. The number of carbonyl (C=O) groups excluding carboxylic acids is 1. The minimum absolute atomic E-state index is 0.148. The fourth-order valence-electron chi connectivity index (χ4n) is 2.18. The molecule has 0 saturated heterocycles. The first kappa shape index (κ1) is 20.2. The Kier molecular flexibility index (Phi) is 6.63. The summed E-state index contributed by atoms with van der Waals surface area (Å²) in [6.07, 6.45) is 0. The van der Waals surface area contributed by atoms with Gasteiger partial charge in [-0.3, -0.25) is 9.52 Å². The van der Waals surface area contributed by atoms with Crippen molar-refractivity contribution in [3.63, 3.8) is 0 Å². The van der Waals surface area contributed by atoms with Gasteiger partial charge in [-0.05, 0) is 51.4 Å². The first-order chi connectivity index (χ1) is 12.2. The molecule has 0 unspecified atom stereocenters. The molecule has 8 heteroatoms. The molecule has 0 bridgehead atoms. The summed E-state index contributed by atoms with van der Waals surface area (Å²) < 4.78 is 27.4. The van der Waals surface area contributed by atoms with Crippen molar-refractivity contribution in [3.8, 4) is 0 Å². The quantitative estimate of drug-likeness (QED) is 0.755. The lowest BCUT2D eigenvalue weighted by Crippen LogP contribution is -2.31. The maximum absolute atomic E-state index is 12.5. The van der Waals surface area contributed by atoms with Crippen molar-refractivity contribution in [1.29, 1.82) is 0 Å². The van der Waals surface area contributed by atoms with Crippen LogP contribution < -0.4 is 10.0 Å². The number of halogens is 1. The molecule has 0 heterocycles. The lowest BCUT2D eigenvalue weighted by atomic mass is 10.2. The second-order valence-electron chi connectivity index (χ2n) is 6.17. The Morgan fingerprint density at radius 2 is 1.77 bits per heavy atom. The molecule has 6 nitrogen and oxygen atoms in total. The molecule has 2 N–H and O–H groups in total. The van der Waals surface area contributed by atoms with Crippen LogP contribution in [-0.4, -0.2) is 46.4 Å².